The average Bonchev–Trinajstić information content (AvgIpc) is 2.65. The van der Waals surface area contributed by atoms with Crippen molar-refractivity contribution in [2.75, 3.05) is 26.7 Å². The van der Waals surface area contributed by atoms with Gasteiger partial charge >= 0.3 is 5.92 Å². The van der Waals surface area contributed by atoms with Gasteiger partial charge in [0.2, 0.25) is 0 Å². The largest absolute Gasteiger partial charge is 0.392 e. The first-order valence-corrected chi connectivity index (χ1v) is 6.93. The molecule has 3 rings (SSSR count). The van der Waals surface area contributed by atoms with Gasteiger partial charge in [-0.05, 0) is 17.7 Å². The third kappa shape index (κ3) is 1.92. The molecular formula is C15H16F2N2O3. The van der Waals surface area contributed by atoms with Crippen LogP contribution in [0.2, 0.25) is 0 Å². The van der Waals surface area contributed by atoms with Crippen molar-refractivity contribution in [2.24, 2.45) is 5.41 Å². The summed E-state index contributed by atoms with van der Waals surface area (Å²) in [6.45, 7) is -0.415. The van der Waals surface area contributed by atoms with Crippen molar-refractivity contribution in [2.45, 2.75) is 12.5 Å². The van der Waals surface area contributed by atoms with E-state index in [4.69, 9.17) is 5.11 Å². The minimum Gasteiger partial charge on any atom is -0.392 e. The van der Waals surface area contributed by atoms with E-state index >= 15 is 0 Å². The molecule has 1 spiro atoms. The highest BCUT2D eigenvalue weighted by Gasteiger charge is 2.70. The van der Waals surface area contributed by atoms with Crippen molar-refractivity contribution in [3.05, 3.63) is 35.4 Å². The van der Waals surface area contributed by atoms with Gasteiger partial charge in [0.1, 0.15) is 0 Å². The molecular weight excluding hydrogens is 294 g/mol. The first-order valence-electron chi connectivity index (χ1n) is 6.93. The first kappa shape index (κ1) is 14.9. The molecule has 0 bridgehead atoms. The maximum atomic E-state index is 14.1. The third-order valence-corrected chi connectivity index (χ3v) is 4.48. The van der Waals surface area contributed by atoms with E-state index in [0.717, 1.165) is 4.90 Å². The van der Waals surface area contributed by atoms with Crippen LogP contribution >= 0.6 is 0 Å². The molecule has 1 aromatic carbocycles. The lowest BCUT2D eigenvalue weighted by Crippen LogP contribution is -2.66. The summed E-state index contributed by atoms with van der Waals surface area (Å²) in [6.07, 6.45) is 0. The zero-order valence-corrected chi connectivity index (χ0v) is 12.1. The number of rotatable bonds is 2. The molecule has 2 heterocycles. The number of nitrogens with zero attached hydrogens (tertiary/aromatic N) is 2. The van der Waals surface area contributed by atoms with E-state index in [9.17, 15) is 18.4 Å². The Hall–Kier alpha value is -2.02. The van der Waals surface area contributed by atoms with Gasteiger partial charge in [-0.25, -0.2) is 0 Å². The number of alkyl halides is 2. The Labute approximate surface area is 126 Å². The summed E-state index contributed by atoms with van der Waals surface area (Å²) < 4.78 is 28.1. The lowest BCUT2D eigenvalue weighted by atomic mass is 9.75. The summed E-state index contributed by atoms with van der Waals surface area (Å²) in [5, 5.41) is 8.97. The number of likely N-dealkylation sites (tertiary alicyclic amines) is 2. The van der Waals surface area contributed by atoms with E-state index in [0.29, 0.717) is 11.1 Å². The summed E-state index contributed by atoms with van der Waals surface area (Å²) in [5.41, 5.74) is -0.404. The van der Waals surface area contributed by atoms with E-state index in [1.54, 1.807) is 24.3 Å². The number of aliphatic hydroxyl groups is 1. The van der Waals surface area contributed by atoms with E-state index < -0.39 is 17.2 Å². The molecule has 0 aliphatic carbocycles. The van der Waals surface area contributed by atoms with Crippen LogP contribution in [-0.4, -0.2) is 59.3 Å². The fourth-order valence-corrected chi connectivity index (χ4v) is 3.15. The number of hydrogen-bond acceptors (Lipinski definition) is 3. The molecule has 1 N–H and O–H groups in total. The predicted molar refractivity (Wildman–Crippen MR) is 73.3 cm³/mol. The maximum Gasteiger partial charge on any atom is 0.335 e. The number of amides is 2. The van der Waals surface area contributed by atoms with Crippen LogP contribution in [0.4, 0.5) is 8.78 Å². The number of carbonyl (C=O) groups excluding carboxylic acids is 2. The molecule has 2 fully saturated rings. The maximum absolute atomic E-state index is 14.1. The van der Waals surface area contributed by atoms with Gasteiger partial charge in [0, 0.05) is 32.2 Å². The molecule has 118 valence electrons. The molecule has 0 atom stereocenters. The number of aliphatic hydroxyl groups excluding tert-OH is 1. The minimum absolute atomic E-state index is 0.0357. The highest BCUT2D eigenvalue weighted by Crippen LogP contribution is 2.50. The smallest absolute Gasteiger partial charge is 0.335 e. The standard InChI is InChI=1S/C15H16F2N2O3/c1-18-7-14(15(16,17)13(18)22)8-19(9-14)12(21)11-4-2-10(6-20)3-5-11/h2-5,20H,6-9H2,1H3. The van der Waals surface area contributed by atoms with E-state index in [2.05, 4.69) is 0 Å². The molecule has 5 nitrogen and oxygen atoms in total. The first-order chi connectivity index (χ1) is 10.3. The van der Waals surface area contributed by atoms with Crippen molar-refractivity contribution in [1.29, 1.82) is 0 Å². The van der Waals surface area contributed by atoms with Crippen molar-refractivity contribution in [1.82, 2.24) is 9.80 Å². The molecule has 22 heavy (non-hydrogen) atoms. The number of benzene rings is 1. The van der Waals surface area contributed by atoms with Crippen molar-refractivity contribution in [3.63, 3.8) is 0 Å². The Morgan fingerprint density at radius 3 is 2.27 bits per heavy atom. The Bertz CT molecular complexity index is 624. The van der Waals surface area contributed by atoms with Gasteiger partial charge in [-0.15, -0.1) is 0 Å². The van der Waals surface area contributed by atoms with Crippen LogP contribution in [0.15, 0.2) is 24.3 Å². The van der Waals surface area contributed by atoms with E-state index in [1.165, 1.54) is 11.9 Å². The van der Waals surface area contributed by atoms with Gasteiger partial charge in [0.25, 0.3) is 11.8 Å². The highest BCUT2D eigenvalue weighted by molar-refractivity contribution is 5.96. The molecule has 1 aromatic rings. The Morgan fingerprint density at radius 1 is 1.23 bits per heavy atom. The van der Waals surface area contributed by atoms with Gasteiger partial charge in [-0.2, -0.15) is 8.78 Å². The zero-order valence-electron chi connectivity index (χ0n) is 12.1. The van der Waals surface area contributed by atoms with Crippen LogP contribution in [-0.2, 0) is 11.4 Å². The van der Waals surface area contributed by atoms with Gasteiger partial charge < -0.3 is 14.9 Å². The minimum atomic E-state index is -3.42. The normalized spacial score (nSPS) is 22.1. The number of carbonyl (C=O) groups is 2. The lowest BCUT2D eigenvalue weighted by Gasteiger charge is -2.49. The van der Waals surface area contributed by atoms with E-state index in [-0.39, 0.29) is 32.1 Å². The Balaban J connectivity index is 1.73. The summed E-state index contributed by atoms with van der Waals surface area (Å²) in [6, 6.07) is 6.35. The fraction of sp³-hybridized carbons (Fsp3) is 0.467. The molecule has 7 heteroatoms. The van der Waals surface area contributed by atoms with Crippen LogP contribution in [0.5, 0.6) is 0 Å². The highest BCUT2D eigenvalue weighted by atomic mass is 19.3. The summed E-state index contributed by atoms with van der Waals surface area (Å²) in [4.78, 5) is 26.1. The van der Waals surface area contributed by atoms with Crippen molar-refractivity contribution < 1.29 is 23.5 Å². The van der Waals surface area contributed by atoms with Crippen LogP contribution in [0.1, 0.15) is 15.9 Å². The average molecular weight is 310 g/mol. The molecule has 2 saturated heterocycles. The lowest BCUT2D eigenvalue weighted by molar-refractivity contribution is -0.172. The topological polar surface area (TPSA) is 60.9 Å². The van der Waals surface area contributed by atoms with Crippen LogP contribution < -0.4 is 0 Å². The van der Waals surface area contributed by atoms with Gasteiger partial charge in [-0.3, -0.25) is 9.59 Å². The Kier molecular flexibility index (Phi) is 3.21. The number of hydrogen-bond donors (Lipinski definition) is 1. The van der Waals surface area contributed by atoms with E-state index in [1.807, 2.05) is 0 Å². The van der Waals surface area contributed by atoms with Gasteiger partial charge in [0.15, 0.2) is 0 Å². The third-order valence-electron chi connectivity index (χ3n) is 4.48. The predicted octanol–water partition coefficient (Wildman–Crippen LogP) is 0.728. The second kappa shape index (κ2) is 4.74. The van der Waals surface area contributed by atoms with Crippen LogP contribution in [0.25, 0.3) is 0 Å². The van der Waals surface area contributed by atoms with Gasteiger partial charge in [0.05, 0.1) is 12.0 Å². The molecule has 2 amide bonds. The van der Waals surface area contributed by atoms with Crippen LogP contribution in [0, 0.1) is 5.41 Å². The van der Waals surface area contributed by atoms with Crippen molar-refractivity contribution in [3.8, 4) is 0 Å². The second-order valence-corrected chi connectivity index (χ2v) is 6.03. The molecule has 0 aromatic heterocycles. The summed E-state index contributed by atoms with van der Waals surface area (Å²) in [5.74, 6) is -4.93. The molecule has 0 unspecified atom stereocenters. The second-order valence-electron chi connectivity index (χ2n) is 6.03. The SMILES string of the molecule is CN1CC2(CN(C(=O)c3ccc(CO)cc3)C2)C(F)(F)C1=O. The zero-order chi connectivity index (χ0) is 16.1. The molecule has 2 aliphatic rings. The Morgan fingerprint density at radius 2 is 1.82 bits per heavy atom. The summed E-state index contributed by atoms with van der Waals surface area (Å²) in [7, 11) is 1.35. The number of halogens is 2. The molecule has 0 radical (unpaired) electrons. The summed E-state index contributed by atoms with van der Waals surface area (Å²) >= 11 is 0. The molecule has 0 saturated carbocycles. The van der Waals surface area contributed by atoms with Gasteiger partial charge in [-0.1, -0.05) is 12.1 Å². The molecule has 2 aliphatic heterocycles. The van der Waals surface area contributed by atoms with Crippen LogP contribution in [0.3, 0.4) is 0 Å². The van der Waals surface area contributed by atoms with Crippen molar-refractivity contribution >= 4 is 11.8 Å². The monoisotopic (exact) mass is 310 g/mol. The quantitative estimate of drug-likeness (QED) is 0.876. The fourth-order valence-electron chi connectivity index (χ4n) is 3.15.